The van der Waals surface area contributed by atoms with Gasteiger partial charge in [0.25, 0.3) is 0 Å². The van der Waals surface area contributed by atoms with E-state index in [2.05, 4.69) is 36.1 Å². The molecule has 1 aromatic rings. The van der Waals surface area contributed by atoms with Gasteiger partial charge in [-0.3, -0.25) is 14.4 Å². The molecule has 1 atom stereocenters. The summed E-state index contributed by atoms with van der Waals surface area (Å²) in [6.45, 7) is 9.30. The number of ketones is 1. The second-order valence-corrected chi connectivity index (χ2v) is 9.48. The van der Waals surface area contributed by atoms with Gasteiger partial charge in [0.05, 0.1) is 12.2 Å². The van der Waals surface area contributed by atoms with Crippen molar-refractivity contribution in [1.29, 1.82) is 0 Å². The molecule has 0 spiro atoms. The zero-order valence-corrected chi connectivity index (χ0v) is 18.9. The molecule has 1 unspecified atom stereocenters. The van der Waals surface area contributed by atoms with Crippen LogP contribution in [-0.4, -0.2) is 54.2 Å². The predicted octanol–water partition coefficient (Wildman–Crippen LogP) is 2.27. The minimum atomic E-state index is -0.765. The summed E-state index contributed by atoms with van der Waals surface area (Å²) in [4.78, 5) is 43.2. The summed E-state index contributed by atoms with van der Waals surface area (Å²) in [6, 6.07) is 0. The summed E-state index contributed by atoms with van der Waals surface area (Å²) in [6.07, 6.45) is 3.16. The molecule has 1 aliphatic rings. The monoisotopic (exact) mass is 420 g/mol. The number of nitrogens with zero attached hydrogens (tertiary/aromatic N) is 2. The maximum Gasteiger partial charge on any atom is 0.223 e. The average molecular weight is 421 g/mol. The number of nitrogens with one attached hydrogen (secondary N) is 1. The Morgan fingerprint density at radius 3 is 2.63 bits per heavy atom. The molecule has 0 saturated carbocycles. The van der Waals surface area contributed by atoms with Crippen molar-refractivity contribution in [2.45, 2.75) is 65.7 Å². The lowest BCUT2D eigenvalue weighted by molar-refractivity contribution is -0.127. The molecular formula is C22H36N4O4. The quantitative estimate of drug-likeness (QED) is 0.561. The Labute approximate surface area is 179 Å². The van der Waals surface area contributed by atoms with Crippen molar-refractivity contribution >= 4 is 17.6 Å². The SMILES string of the molecule is CC(C)Cc1nc(C2CCCN(C)C2)oc1C(=O)CNC(=O)CCC(C)(C)C(N)=O. The van der Waals surface area contributed by atoms with Gasteiger partial charge in [0.2, 0.25) is 17.6 Å². The summed E-state index contributed by atoms with van der Waals surface area (Å²) in [5.41, 5.74) is 5.24. The number of Topliss-reactive ketones (excluding diaryl/α,β-unsaturated/α-hetero) is 1. The van der Waals surface area contributed by atoms with E-state index in [-0.39, 0.29) is 36.3 Å². The van der Waals surface area contributed by atoms with Gasteiger partial charge >= 0.3 is 0 Å². The third kappa shape index (κ3) is 6.65. The highest BCUT2D eigenvalue weighted by Crippen LogP contribution is 2.28. The lowest BCUT2D eigenvalue weighted by Gasteiger charge is -2.27. The number of piperidine rings is 1. The molecule has 8 heteroatoms. The van der Waals surface area contributed by atoms with E-state index in [9.17, 15) is 14.4 Å². The van der Waals surface area contributed by atoms with E-state index in [1.54, 1.807) is 13.8 Å². The Balaban J connectivity index is 2.02. The molecule has 1 aromatic heterocycles. The van der Waals surface area contributed by atoms with Crippen LogP contribution in [0.5, 0.6) is 0 Å². The molecule has 2 heterocycles. The van der Waals surface area contributed by atoms with Crippen molar-refractivity contribution in [1.82, 2.24) is 15.2 Å². The molecule has 1 aliphatic heterocycles. The van der Waals surface area contributed by atoms with Crippen LogP contribution >= 0.6 is 0 Å². The fourth-order valence-corrected chi connectivity index (χ4v) is 3.55. The van der Waals surface area contributed by atoms with Gasteiger partial charge in [-0.25, -0.2) is 4.98 Å². The van der Waals surface area contributed by atoms with Crippen molar-refractivity contribution in [3.05, 3.63) is 17.3 Å². The number of rotatable bonds is 10. The molecule has 0 aromatic carbocycles. The first-order valence-electron chi connectivity index (χ1n) is 10.8. The fourth-order valence-electron chi connectivity index (χ4n) is 3.55. The molecule has 0 radical (unpaired) electrons. The molecule has 30 heavy (non-hydrogen) atoms. The first-order chi connectivity index (χ1) is 14.0. The maximum atomic E-state index is 12.8. The number of likely N-dealkylation sites (N-methyl/N-ethyl adjacent to an activating group) is 1. The Kier molecular flexibility index (Phi) is 8.18. The van der Waals surface area contributed by atoms with E-state index >= 15 is 0 Å². The minimum Gasteiger partial charge on any atom is -0.437 e. The summed E-state index contributed by atoms with van der Waals surface area (Å²) in [5, 5.41) is 2.63. The lowest BCUT2D eigenvalue weighted by Crippen LogP contribution is -2.34. The fraction of sp³-hybridized carbons (Fsp3) is 0.727. The van der Waals surface area contributed by atoms with Crippen LogP contribution in [0.15, 0.2) is 4.42 Å². The Hall–Kier alpha value is -2.22. The Bertz CT molecular complexity index is 769. The van der Waals surface area contributed by atoms with E-state index in [0.29, 0.717) is 30.3 Å². The lowest BCUT2D eigenvalue weighted by atomic mass is 9.87. The molecule has 2 rings (SSSR count). The number of carbonyl (C=O) groups is 3. The van der Waals surface area contributed by atoms with Crippen LogP contribution in [0.25, 0.3) is 0 Å². The van der Waals surface area contributed by atoms with Crippen LogP contribution in [0.1, 0.15) is 81.4 Å². The molecule has 8 nitrogen and oxygen atoms in total. The van der Waals surface area contributed by atoms with Crippen molar-refractivity contribution in [2.24, 2.45) is 17.1 Å². The number of hydrogen-bond donors (Lipinski definition) is 2. The molecule has 1 fully saturated rings. The molecule has 168 valence electrons. The van der Waals surface area contributed by atoms with E-state index in [1.165, 1.54) is 0 Å². The third-order valence-electron chi connectivity index (χ3n) is 5.63. The van der Waals surface area contributed by atoms with E-state index in [4.69, 9.17) is 10.2 Å². The Morgan fingerprint density at radius 2 is 2.03 bits per heavy atom. The summed E-state index contributed by atoms with van der Waals surface area (Å²) in [5.74, 6) is 0.357. The second kappa shape index (κ2) is 10.2. The highest BCUT2D eigenvalue weighted by Gasteiger charge is 2.29. The number of nitrogens with two attached hydrogens (primary N) is 1. The number of likely N-dealkylation sites (tertiary alicyclic amines) is 1. The highest BCUT2D eigenvalue weighted by atomic mass is 16.4. The van der Waals surface area contributed by atoms with Crippen molar-refractivity contribution in [3.63, 3.8) is 0 Å². The molecular weight excluding hydrogens is 384 g/mol. The number of aromatic nitrogens is 1. The highest BCUT2D eigenvalue weighted by molar-refractivity contribution is 5.98. The van der Waals surface area contributed by atoms with Crippen LogP contribution in [0.2, 0.25) is 0 Å². The van der Waals surface area contributed by atoms with Crippen LogP contribution in [-0.2, 0) is 16.0 Å². The number of carbonyl (C=O) groups excluding carboxylic acids is 3. The smallest absolute Gasteiger partial charge is 0.223 e. The number of amides is 2. The van der Waals surface area contributed by atoms with Crippen LogP contribution in [0.3, 0.4) is 0 Å². The Morgan fingerprint density at radius 1 is 1.33 bits per heavy atom. The maximum absolute atomic E-state index is 12.8. The van der Waals surface area contributed by atoms with Gasteiger partial charge in [-0.2, -0.15) is 0 Å². The average Bonchev–Trinajstić information content (AvgIpc) is 3.07. The molecule has 0 bridgehead atoms. The minimum absolute atomic E-state index is 0.123. The molecule has 3 N–H and O–H groups in total. The van der Waals surface area contributed by atoms with E-state index in [1.807, 2.05) is 0 Å². The first kappa shape index (κ1) is 24.1. The first-order valence-corrected chi connectivity index (χ1v) is 10.8. The van der Waals surface area contributed by atoms with Gasteiger partial charge < -0.3 is 20.4 Å². The molecule has 0 aliphatic carbocycles. The normalized spacial score (nSPS) is 17.9. The third-order valence-corrected chi connectivity index (χ3v) is 5.63. The van der Waals surface area contributed by atoms with Crippen LogP contribution in [0, 0.1) is 11.3 Å². The zero-order chi connectivity index (χ0) is 22.5. The summed E-state index contributed by atoms with van der Waals surface area (Å²) in [7, 11) is 2.07. The second-order valence-electron chi connectivity index (χ2n) is 9.48. The number of primary amides is 1. The van der Waals surface area contributed by atoms with E-state index < -0.39 is 11.3 Å². The van der Waals surface area contributed by atoms with Gasteiger partial charge in [0.15, 0.2) is 11.7 Å². The van der Waals surface area contributed by atoms with Crippen LogP contribution in [0.4, 0.5) is 0 Å². The summed E-state index contributed by atoms with van der Waals surface area (Å²) >= 11 is 0. The summed E-state index contributed by atoms with van der Waals surface area (Å²) < 4.78 is 5.94. The van der Waals surface area contributed by atoms with Gasteiger partial charge in [0.1, 0.15) is 0 Å². The standard InChI is InChI=1S/C22H36N4O4/c1-14(2)11-16-19(30-20(25-16)15-7-6-10-26(5)13-15)17(27)12-24-18(28)8-9-22(3,4)21(23)29/h14-15H,6-13H2,1-5H3,(H2,23,29)(H,24,28). The molecule has 2 amide bonds. The van der Waals surface area contributed by atoms with Crippen molar-refractivity contribution in [3.8, 4) is 0 Å². The number of oxazole rings is 1. The van der Waals surface area contributed by atoms with Crippen molar-refractivity contribution < 1.29 is 18.8 Å². The van der Waals surface area contributed by atoms with Gasteiger partial charge in [0, 0.05) is 24.3 Å². The molecule has 1 saturated heterocycles. The largest absolute Gasteiger partial charge is 0.437 e. The van der Waals surface area contributed by atoms with Gasteiger partial charge in [-0.05, 0) is 45.2 Å². The van der Waals surface area contributed by atoms with Crippen LogP contribution < -0.4 is 11.1 Å². The number of hydrogen-bond acceptors (Lipinski definition) is 6. The van der Waals surface area contributed by atoms with Gasteiger partial charge in [-0.15, -0.1) is 0 Å². The van der Waals surface area contributed by atoms with E-state index in [0.717, 1.165) is 25.9 Å². The van der Waals surface area contributed by atoms with Gasteiger partial charge in [-0.1, -0.05) is 27.7 Å². The topological polar surface area (TPSA) is 119 Å². The van der Waals surface area contributed by atoms with Crippen molar-refractivity contribution in [2.75, 3.05) is 26.7 Å². The predicted molar refractivity (Wildman–Crippen MR) is 114 cm³/mol. The zero-order valence-electron chi connectivity index (χ0n) is 18.9.